The molecule has 0 aliphatic carbocycles. The van der Waals surface area contributed by atoms with Gasteiger partial charge in [-0.25, -0.2) is 4.79 Å². The Morgan fingerprint density at radius 2 is 1.90 bits per heavy atom. The van der Waals surface area contributed by atoms with Crippen molar-refractivity contribution in [2.24, 2.45) is 0 Å². The van der Waals surface area contributed by atoms with Gasteiger partial charge in [0.05, 0.1) is 13.7 Å². The molecule has 0 bridgehead atoms. The maximum Gasteiger partial charge on any atom is 0.330 e. The molecule has 1 rings (SSSR count). The van der Waals surface area contributed by atoms with E-state index in [1.165, 1.54) is 32.4 Å². The summed E-state index contributed by atoms with van der Waals surface area (Å²) in [6.07, 6.45) is 8.81. The number of carbonyl (C=O) groups is 1. The first-order valence-electron chi connectivity index (χ1n) is 7.22. The Hall–Kier alpha value is -1.77. The first-order valence-corrected chi connectivity index (χ1v) is 7.22. The molecule has 110 valence electrons. The minimum Gasteiger partial charge on any atom is -0.494 e. The van der Waals surface area contributed by atoms with Crippen LogP contribution in [-0.4, -0.2) is 19.7 Å². The van der Waals surface area contributed by atoms with E-state index >= 15 is 0 Å². The van der Waals surface area contributed by atoms with Crippen molar-refractivity contribution in [3.05, 3.63) is 42.0 Å². The van der Waals surface area contributed by atoms with Crippen LogP contribution in [0.2, 0.25) is 0 Å². The molecule has 0 amide bonds. The minimum atomic E-state index is -0.322. The Bertz CT molecular complexity index is 407. The third-order valence-electron chi connectivity index (χ3n) is 3.00. The second-order valence-electron chi connectivity index (χ2n) is 4.68. The highest BCUT2D eigenvalue weighted by molar-refractivity contribution is 5.81. The number of benzene rings is 1. The van der Waals surface area contributed by atoms with Gasteiger partial charge in [0.25, 0.3) is 0 Å². The summed E-state index contributed by atoms with van der Waals surface area (Å²) in [7, 11) is 1.37. The molecule has 0 heterocycles. The highest BCUT2D eigenvalue weighted by Crippen LogP contribution is 2.13. The lowest BCUT2D eigenvalue weighted by molar-refractivity contribution is -0.134. The number of allylic oxidation sites excluding steroid dienone is 1. The van der Waals surface area contributed by atoms with Crippen LogP contribution in [0, 0.1) is 0 Å². The zero-order valence-electron chi connectivity index (χ0n) is 12.4. The maximum absolute atomic E-state index is 10.9. The van der Waals surface area contributed by atoms with Crippen molar-refractivity contribution < 1.29 is 14.3 Å². The quantitative estimate of drug-likeness (QED) is 0.389. The molecule has 0 saturated heterocycles. The van der Waals surface area contributed by atoms with E-state index in [9.17, 15) is 4.79 Å². The van der Waals surface area contributed by atoms with E-state index in [-0.39, 0.29) is 5.97 Å². The maximum atomic E-state index is 10.9. The van der Waals surface area contributed by atoms with Crippen LogP contribution in [0.4, 0.5) is 0 Å². The molecular weight excluding hydrogens is 252 g/mol. The van der Waals surface area contributed by atoms with Crippen LogP contribution in [0.25, 0.3) is 0 Å². The Kier molecular flexibility index (Phi) is 8.20. The first-order chi connectivity index (χ1) is 9.76. The summed E-state index contributed by atoms with van der Waals surface area (Å²) in [6.45, 7) is 2.98. The van der Waals surface area contributed by atoms with Gasteiger partial charge in [-0.3, -0.25) is 0 Å². The standard InChI is InChI=1S/C17H24O3/c1-3-4-5-6-14-20-16-12-10-15(11-13-16)8-7-9-17(18)19-2/h7,9-13H,3-6,8,14H2,1-2H3/b9-7+. The summed E-state index contributed by atoms with van der Waals surface area (Å²) in [5, 5.41) is 0. The number of methoxy groups -OCH3 is 1. The summed E-state index contributed by atoms with van der Waals surface area (Å²) in [5.41, 5.74) is 1.14. The molecule has 0 spiro atoms. The van der Waals surface area contributed by atoms with E-state index < -0.39 is 0 Å². The van der Waals surface area contributed by atoms with E-state index in [4.69, 9.17) is 4.74 Å². The molecule has 3 nitrogen and oxygen atoms in total. The number of hydrogen-bond donors (Lipinski definition) is 0. The predicted molar refractivity (Wildman–Crippen MR) is 80.9 cm³/mol. The van der Waals surface area contributed by atoms with Gasteiger partial charge in [0, 0.05) is 6.08 Å². The van der Waals surface area contributed by atoms with Crippen LogP contribution in [0.3, 0.4) is 0 Å². The third kappa shape index (κ3) is 6.98. The van der Waals surface area contributed by atoms with E-state index in [2.05, 4.69) is 11.7 Å². The van der Waals surface area contributed by atoms with Crippen molar-refractivity contribution in [3.8, 4) is 5.75 Å². The first kappa shape index (κ1) is 16.3. The predicted octanol–water partition coefficient (Wildman–Crippen LogP) is 3.92. The molecule has 3 heteroatoms. The molecule has 1 aromatic rings. The largest absolute Gasteiger partial charge is 0.494 e. The lowest BCUT2D eigenvalue weighted by Crippen LogP contribution is -1.97. The fourth-order valence-corrected chi connectivity index (χ4v) is 1.80. The zero-order valence-corrected chi connectivity index (χ0v) is 12.4. The molecule has 0 aromatic heterocycles. The normalized spacial score (nSPS) is 10.7. The Labute approximate surface area is 121 Å². The molecule has 0 saturated carbocycles. The van der Waals surface area contributed by atoms with Gasteiger partial charge in [-0.15, -0.1) is 0 Å². The number of carbonyl (C=O) groups excluding carboxylic acids is 1. The van der Waals surface area contributed by atoms with Crippen molar-refractivity contribution in [1.82, 2.24) is 0 Å². The van der Waals surface area contributed by atoms with Gasteiger partial charge in [0.15, 0.2) is 0 Å². The van der Waals surface area contributed by atoms with Crippen LogP contribution in [0.5, 0.6) is 5.75 Å². The smallest absolute Gasteiger partial charge is 0.330 e. The van der Waals surface area contributed by atoms with Crippen molar-refractivity contribution in [3.63, 3.8) is 0 Å². The van der Waals surface area contributed by atoms with Gasteiger partial charge in [-0.2, -0.15) is 0 Å². The van der Waals surface area contributed by atoms with Crippen molar-refractivity contribution in [2.75, 3.05) is 13.7 Å². The van der Waals surface area contributed by atoms with Crippen LogP contribution < -0.4 is 4.74 Å². The lowest BCUT2D eigenvalue weighted by Gasteiger charge is -2.06. The molecule has 1 aromatic carbocycles. The molecule has 0 unspecified atom stereocenters. The SMILES string of the molecule is CCCCCCOc1ccc(C/C=C/C(=O)OC)cc1. The second kappa shape index (κ2) is 10.1. The fraction of sp³-hybridized carbons (Fsp3) is 0.471. The summed E-state index contributed by atoms with van der Waals surface area (Å²) >= 11 is 0. The molecule has 0 fully saturated rings. The van der Waals surface area contributed by atoms with Gasteiger partial charge >= 0.3 is 5.97 Å². The Morgan fingerprint density at radius 1 is 1.15 bits per heavy atom. The van der Waals surface area contributed by atoms with E-state index in [1.807, 2.05) is 24.3 Å². The summed E-state index contributed by atoms with van der Waals surface area (Å²) in [6, 6.07) is 7.98. The molecular formula is C17H24O3. The fourth-order valence-electron chi connectivity index (χ4n) is 1.80. The molecule has 0 aliphatic heterocycles. The summed E-state index contributed by atoms with van der Waals surface area (Å²) < 4.78 is 10.2. The summed E-state index contributed by atoms with van der Waals surface area (Å²) in [5.74, 6) is 0.583. The number of rotatable bonds is 9. The van der Waals surface area contributed by atoms with Crippen LogP contribution in [0.1, 0.15) is 38.2 Å². The van der Waals surface area contributed by atoms with Crippen LogP contribution in [0.15, 0.2) is 36.4 Å². The second-order valence-corrected chi connectivity index (χ2v) is 4.68. The highest BCUT2D eigenvalue weighted by atomic mass is 16.5. The van der Waals surface area contributed by atoms with Gasteiger partial charge < -0.3 is 9.47 Å². The molecule has 0 N–H and O–H groups in total. The third-order valence-corrected chi connectivity index (χ3v) is 3.00. The van der Waals surface area contributed by atoms with Gasteiger partial charge in [-0.05, 0) is 30.5 Å². The van der Waals surface area contributed by atoms with Crippen LogP contribution in [-0.2, 0) is 16.0 Å². The highest BCUT2D eigenvalue weighted by Gasteiger charge is 1.96. The molecule has 0 radical (unpaired) electrons. The molecule has 0 atom stereocenters. The average Bonchev–Trinajstić information content (AvgIpc) is 2.48. The summed E-state index contributed by atoms with van der Waals surface area (Å²) in [4.78, 5) is 10.9. The molecule has 0 aliphatic rings. The van der Waals surface area contributed by atoms with Crippen molar-refractivity contribution >= 4 is 5.97 Å². The van der Waals surface area contributed by atoms with Crippen molar-refractivity contribution in [2.45, 2.75) is 39.0 Å². The Morgan fingerprint density at radius 3 is 2.55 bits per heavy atom. The van der Waals surface area contributed by atoms with Gasteiger partial charge in [0.1, 0.15) is 5.75 Å². The number of esters is 1. The Balaban J connectivity index is 2.29. The number of hydrogen-bond acceptors (Lipinski definition) is 3. The van der Waals surface area contributed by atoms with Crippen LogP contribution >= 0.6 is 0 Å². The molecule has 20 heavy (non-hydrogen) atoms. The number of unbranched alkanes of at least 4 members (excludes halogenated alkanes) is 3. The average molecular weight is 276 g/mol. The van der Waals surface area contributed by atoms with E-state index in [0.717, 1.165) is 24.3 Å². The number of ether oxygens (including phenoxy) is 2. The van der Waals surface area contributed by atoms with Crippen molar-refractivity contribution in [1.29, 1.82) is 0 Å². The van der Waals surface area contributed by atoms with Gasteiger partial charge in [0.2, 0.25) is 0 Å². The van der Waals surface area contributed by atoms with E-state index in [0.29, 0.717) is 6.42 Å². The lowest BCUT2D eigenvalue weighted by atomic mass is 10.1. The topological polar surface area (TPSA) is 35.5 Å². The minimum absolute atomic E-state index is 0.322. The van der Waals surface area contributed by atoms with Gasteiger partial charge in [-0.1, -0.05) is 44.4 Å². The van der Waals surface area contributed by atoms with E-state index in [1.54, 1.807) is 6.08 Å². The zero-order chi connectivity index (χ0) is 14.6. The monoisotopic (exact) mass is 276 g/mol.